The highest BCUT2D eigenvalue weighted by Crippen LogP contribution is 2.52. The van der Waals surface area contributed by atoms with Gasteiger partial charge in [-0.05, 0) is 59.6 Å². The monoisotopic (exact) mass is 612 g/mol. The van der Waals surface area contributed by atoms with Crippen molar-refractivity contribution in [3.63, 3.8) is 0 Å². The van der Waals surface area contributed by atoms with Gasteiger partial charge in [-0.1, -0.05) is 43.3 Å². The number of hydrogen-bond acceptors (Lipinski definition) is 7. The van der Waals surface area contributed by atoms with Crippen molar-refractivity contribution in [3.8, 4) is 0 Å². The van der Waals surface area contributed by atoms with Gasteiger partial charge < -0.3 is 14.7 Å². The molecular weight excluding hydrogens is 575 g/mol. The van der Waals surface area contributed by atoms with Crippen LogP contribution in [-0.4, -0.2) is 82.4 Å². The standard InChI is InChI=1S/C35H37FN4O5/c1-35-10-4-5-22(20-41)28(35)17-25-27(34(44)45-31(25)18-35)19-39-11-13-40(14-12-39)33(43)26-15-21(8-9-29(26)36)16-30-23-6-2-3-7-24(23)32(42)38-37-30/h2-3,5-9,15,17,25,27,31,41H,4,10-14,16,18-20H2,1H3,(H,38,42)/t25?,27?,31?,35-/m1/s1. The highest BCUT2D eigenvalue weighted by molar-refractivity contribution is 5.95. The summed E-state index contributed by atoms with van der Waals surface area (Å²) < 4.78 is 20.9. The number of carbonyl (C=O) groups is 2. The molecule has 0 saturated carbocycles. The van der Waals surface area contributed by atoms with Crippen LogP contribution in [-0.2, 0) is 16.0 Å². The van der Waals surface area contributed by atoms with Crippen molar-refractivity contribution in [1.29, 1.82) is 0 Å². The molecule has 0 radical (unpaired) electrons. The Morgan fingerprint density at radius 1 is 1.13 bits per heavy atom. The molecule has 4 atom stereocenters. The van der Waals surface area contributed by atoms with E-state index in [1.807, 2.05) is 12.1 Å². The molecule has 2 saturated heterocycles. The lowest BCUT2D eigenvalue weighted by Crippen LogP contribution is -2.50. The molecule has 2 fully saturated rings. The molecule has 0 bridgehead atoms. The Balaban J connectivity index is 1.02. The van der Waals surface area contributed by atoms with Gasteiger partial charge in [0.15, 0.2) is 0 Å². The molecule has 1 aromatic heterocycles. The summed E-state index contributed by atoms with van der Waals surface area (Å²) >= 11 is 0. The van der Waals surface area contributed by atoms with Gasteiger partial charge in [0.1, 0.15) is 11.9 Å². The zero-order chi connectivity index (χ0) is 31.3. The van der Waals surface area contributed by atoms with Crippen molar-refractivity contribution in [1.82, 2.24) is 20.0 Å². The first-order chi connectivity index (χ1) is 21.7. The number of aromatic nitrogens is 2. The number of H-pyrrole nitrogens is 1. The molecule has 2 aliphatic heterocycles. The largest absolute Gasteiger partial charge is 0.461 e. The quantitative estimate of drug-likeness (QED) is 0.409. The van der Waals surface area contributed by atoms with Crippen molar-refractivity contribution in [3.05, 3.63) is 98.8 Å². The lowest BCUT2D eigenvalue weighted by molar-refractivity contribution is -0.145. The van der Waals surface area contributed by atoms with Crippen LogP contribution in [0.5, 0.6) is 0 Å². The van der Waals surface area contributed by atoms with Crippen LogP contribution in [0.3, 0.4) is 0 Å². The molecule has 2 aliphatic carbocycles. The topological polar surface area (TPSA) is 116 Å². The summed E-state index contributed by atoms with van der Waals surface area (Å²) in [7, 11) is 0. The predicted octanol–water partition coefficient (Wildman–Crippen LogP) is 3.62. The Labute approximate surface area is 260 Å². The van der Waals surface area contributed by atoms with E-state index in [1.54, 1.807) is 29.2 Å². The number of halogens is 1. The summed E-state index contributed by atoms with van der Waals surface area (Å²) in [6.45, 7) is 4.71. The first kappa shape index (κ1) is 29.6. The maximum atomic E-state index is 15.0. The van der Waals surface area contributed by atoms with Crippen molar-refractivity contribution in [2.75, 3.05) is 39.3 Å². The normalized spacial score (nSPS) is 26.6. The van der Waals surface area contributed by atoms with E-state index < -0.39 is 5.82 Å². The first-order valence-electron chi connectivity index (χ1n) is 15.7. The van der Waals surface area contributed by atoms with Gasteiger partial charge in [0, 0.05) is 50.4 Å². The van der Waals surface area contributed by atoms with Crippen LogP contribution in [0.15, 0.2) is 70.6 Å². The fourth-order valence-corrected chi connectivity index (χ4v) is 7.76. The van der Waals surface area contributed by atoms with Crippen LogP contribution < -0.4 is 5.56 Å². The summed E-state index contributed by atoms with van der Waals surface area (Å²) in [5.41, 5.74) is 3.12. The molecule has 2 N–H and O–H groups in total. The van der Waals surface area contributed by atoms with Crippen molar-refractivity contribution in [2.24, 2.45) is 17.3 Å². The number of esters is 1. The molecule has 45 heavy (non-hydrogen) atoms. The molecule has 10 heteroatoms. The van der Waals surface area contributed by atoms with Crippen molar-refractivity contribution < 1.29 is 23.8 Å². The summed E-state index contributed by atoms with van der Waals surface area (Å²) in [5, 5.41) is 18.0. The van der Waals surface area contributed by atoms with Crippen LogP contribution in [0.2, 0.25) is 0 Å². The molecule has 9 nitrogen and oxygen atoms in total. The number of benzene rings is 2. The number of fused-ring (bicyclic) bond motifs is 3. The van der Waals surface area contributed by atoms with Crippen molar-refractivity contribution >= 4 is 22.6 Å². The first-order valence-corrected chi connectivity index (χ1v) is 15.7. The average molecular weight is 613 g/mol. The molecule has 3 unspecified atom stereocenters. The Kier molecular flexibility index (Phi) is 7.65. The number of allylic oxidation sites excluding steroid dienone is 1. The van der Waals surface area contributed by atoms with Gasteiger partial charge in [-0.2, -0.15) is 5.10 Å². The molecule has 1 amide bonds. The van der Waals surface area contributed by atoms with Crippen LogP contribution in [0.1, 0.15) is 47.8 Å². The molecule has 4 aliphatic rings. The number of aliphatic hydroxyl groups excluding tert-OH is 1. The Morgan fingerprint density at radius 2 is 1.91 bits per heavy atom. The van der Waals surface area contributed by atoms with Gasteiger partial charge in [0.25, 0.3) is 11.5 Å². The number of ether oxygens (including phenoxy) is 1. The number of nitrogens with one attached hydrogen (secondary N) is 1. The summed E-state index contributed by atoms with van der Waals surface area (Å²) in [4.78, 5) is 42.6. The van der Waals surface area contributed by atoms with E-state index in [4.69, 9.17) is 4.74 Å². The second-order valence-electron chi connectivity index (χ2n) is 13.1. The number of nitrogens with zero attached hydrogens (tertiary/aromatic N) is 3. The molecule has 3 heterocycles. The van der Waals surface area contributed by atoms with Crippen LogP contribution in [0, 0.1) is 23.1 Å². The third-order valence-corrected chi connectivity index (χ3v) is 10.3. The van der Waals surface area contributed by atoms with Gasteiger partial charge in [0.2, 0.25) is 0 Å². The van der Waals surface area contributed by atoms with Crippen molar-refractivity contribution in [2.45, 2.75) is 38.7 Å². The number of rotatable bonds is 6. The fraction of sp³-hybridized carbons (Fsp3) is 0.429. The van der Waals surface area contributed by atoms with E-state index >= 15 is 0 Å². The maximum Gasteiger partial charge on any atom is 0.311 e. The zero-order valence-electron chi connectivity index (χ0n) is 25.3. The lowest BCUT2D eigenvalue weighted by atomic mass is 9.62. The second kappa shape index (κ2) is 11.7. The lowest BCUT2D eigenvalue weighted by Gasteiger charge is -2.43. The van der Waals surface area contributed by atoms with Gasteiger partial charge in [-0.3, -0.25) is 19.3 Å². The fourth-order valence-electron chi connectivity index (χ4n) is 7.76. The molecular formula is C35H37FN4O5. The maximum absolute atomic E-state index is 15.0. The summed E-state index contributed by atoms with van der Waals surface area (Å²) in [6.07, 6.45) is 7.13. The Morgan fingerprint density at radius 3 is 2.69 bits per heavy atom. The summed E-state index contributed by atoms with van der Waals surface area (Å²) in [6, 6.07) is 11.7. The SMILES string of the molecule is C[C@]12CCC=C(CO)C1=CC1C(C2)OC(=O)C1CN1CCN(C(=O)c2cc(Cc3n[nH]c(=O)c4ccccc34)ccc2F)CC1. The van der Waals surface area contributed by atoms with E-state index in [-0.39, 0.29) is 53.0 Å². The predicted molar refractivity (Wildman–Crippen MR) is 166 cm³/mol. The molecule has 7 rings (SSSR count). The second-order valence-corrected chi connectivity index (χ2v) is 13.1. The number of carbonyl (C=O) groups excluding carboxylic acids is 2. The number of aliphatic hydroxyl groups is 1. The van der Waals surface area contributed by atoms with Gasteiger partial charge >= 0.3 is 5.97 Å². The van der Waals surface area contributed by atoms with E-state index in [0.717, 1.165) is 35.8 Å². The molecule has 234 valence electrons. The third kappa shape index (κ3) is 5.40. The van der Waals surface area contributed by atoms with Gasteiger partial charge in [-0.15, -0.1) is 0 Å². The highest BCUT2D eigenvalue weighted by Gasteiger charge is 2.51. The number of aromatic amines is 1. The Hall–Kier alpha value is -4.15. The summed E-state index contributed by atoms with van der Waals surface area (Å²) in [5.74, 6) is -1.48. The van der Waals surface area contributed by atoms with E-state index in [9.17, 15) is 23.9 Å². The number of piperazine rings is 1. The van der Waals surface area contributed by atoms with E-state index in [0.29, 0.717) is 55.8 Å². The smallest absolute Gasteiger partial charge is 0.311 e. The minimum Gasteiger partial charge on any atom is -0.461 e. The van der Waals surface area contributed by atoms with Gasteiger partial charge in [-0.25, -0.2) is 9.49 Å². The van der Waals surface area contributed by atoms with E-state index in [1.165, 1.54) is 6.07 Å². The van der Waals surface area contributed by atoms with Crippen LogP contribution >= 0.6 is 0 Å². The minimum absolute atomic E-state index is 0.00129. The van der Waals surface area contributed by atoms with E-state index in [2.05, 4.69) is 34.2 Å². The van der Waals surface area contributed by atoms with Crippen LogP contribution in [0.4, 0.5) is 4.39 Å². The molecule has 2 aromatic carbocycles. The van der Waals surface area contributed by atoms with Crippen LogP contribution in [0.25, 0.3) is 10.8 Å². The minimum atomic E-state index is -0.582. The molecule has 3 aromatic rings. The Bertz CT molecular complexity index is 1790. The average Bonchev–Trinajstić information content (AvgIpc) is 3.34. The molecule has 0 spiro atoms. The van der Waals surface area contributed by atoms with Gasteiger partial charge in [0.05, 0.1) is 29.2 Å². The third-order valence-electron chi connectivity index (χ3n) is 10.3. The zero-order valence-corrected chi connectivity index (χ0v) is 25.3. The highest BCUT2D eigenvalue weighted by atomic mass is 19.1. The number of hydrogen-bond donors (Lipinski definition) is 2. The number of amides is 1.